The van der Waals surface area contributed by atoms with Gasteiger partial charge < -0.3 is 5.32 Å². The molecule has 0 atom stereocenters. The minimum atomic E-state index is -0.290. The summed E-state index contributed by atoms with van der Waals surface area (Å²) in [5.74, 6) is -0.626. The highest BCUT2D eigenvalue weighted by Gasteiger charge is 2.28. The Morgan fingerprint density at radius 3 is 2.37 bits per heavy atom. The predicted octanol–water partition coefficient (Wildman–Crippen LogP) is 2.34. The van der Waals surface area contributed by atoms with Crippen molar-refractivity contribution in [1.29, 1.82) is 0 Å². The first-order chi connectivity index (χ1) is 14.5. The van der Waals surface area contributed by atoms with Crippen molar-refractivity contribution in [2.75, 3.05) is 5.32 Å². The van der Waals surface area contributed by atoms with Crippen molar-refractivity contribution in [2.45, 2.75) is 19.4 Å². The molecule has 1 saturated heterocycles. The highest BCUT2D eigenvalue weighted by molar-refractivity contribution is 6.04. The zero-order valence-electron chi connectivity index (χ0n) is 15.9. The molecule has 0 aliphatic carbocycles. The van der Waals surface area contributed by atoms with Gasteiger partial charge in [-0.2, -0.15) is 5.10 Å². The third kappa shape index (κ3) is 4.17. The number of carbonyl (C=O) groups is 3. The third-order valence-corrected chi connectivity index (χ3v) is 4.81. The second-order valence-corrected chi connectivity index (χ2v) is 6.91. The van der Waals surface area contributed by atoms with Crippen molar-refractivity contribution in [3.05, 3.63) is 82.1 Å². The van der Waals surface area contributed by atoms with Gasteiger partial charge in [-0.25, -0.2) is 5.10 Å². The molecule has 1 aliphatic rings. The van der Waals surface area contributed by atoms with E-state index in [-0.39, 0.29) is 42.7 Å². The SMILES string of the molecule is O=C(Nc1cccc(-c2ccc(=O)[nH]n2)c1)c1ccc(CN2C(=O)CCC2=O)cc1. The molecule has 150 valence electrons. The van der Waals surface area contributed by atoms with Gasteiger partial charge in [0.05, 0.1) is 12.2 Å². The first-order valence-electron chi connectivity index (χ1n) is 9.39. The monoisotopic (exact) mass is 402 g/mol. The van der Waals surface area contributed by atoms with Crippen molar-refractivity contribution >= 4 is 23.4 Å². The number of anilines is 1. The lowest BCUT2D eigenvalue weighted by Gasteiger charge is -2.14. The van der Waals surface area contributed by atoms with Crippen LogP contribution in [-0.2, 0) is 16.1 Å². The Kier molecular flexibility index (Phi) is 5.21. The van der Waals surface area contributed by atoms with Crippen molar-refractivity contribution in [2.24, 2.45) is 0 Å². The summed E-state index contributed by atoms with van der Waals surface area (Å²) in [7, 11) is 0. The summed E-state index contributed by atoms with van der Waals surface area (Å²) in [6, 6.07) is 16.9. The summed E-state index contributed by atoms with van der Waals surface area (Å²) in [6.45, 7) is 0.216. The fraction of sp³-hybridized carbons (Fsp3) is 0.136. The number of nitrogens with one attached hydrogen (secondary N) is 2. The Balaban J connectivity index is 1.44. The van der Waals surface area contributed by atoms with Crippen LogP contribution < -0.4 is 10.9 Å². The van der Waals surface area contributed by atoms with E-state index in [2.05, 4.69) is 15.5 Å². The number of aromatic nitrogens is 2. The average Bonchev–Trinajstić information content (AvgIpc) is 3.07. The second-order valence-electron chi connectivity index (χ2n) is 6.91. The normalized spacial score (nSPS) is 13.5. The summed E-state index contributed by atoms with van der Waals surface area (Å²) in [4.78, 5) is 48.4. The van der Waals surface area contributed by atoms with Crippen LogP contribution in [0.25, 0.3) is 11.3 Å². The van der Waals surface area contributed by atoms with Gasteiger partial charge in [-0.05, 0) is 35.9 Å². The van der Waals surface area contributed by atoms with Gasteiger partial charge in [0.25, 0.3) is 11.5 Å². The Morgan fingerprint density at radius 1 is 0.967 bits per heavy atom. The van der Waals surface area contributed by atoms with Crippen LogP contribution in [0.15, 0.2) is 65.5 Å². The number of imide groups is 1. The summed E-state index contributed by atoms with van der Waals surface area (Å²) in [5, 5.41) is 9.20. The van der Waals surface area contributed by atoms with E-state index in [0.717, 1.165) is 11.1 Å². The Bertz CT molecular complexity index is 1150. The fourth-order valence-electron chi connectivity index (χ4n) is 3.21. The van der Waals surface area contributed by atoms with Gasteiger partial charge >= 0.3 is 0 Å². The van der Waals surface area contributed by atoms with Crippen molar-refractivity contribution in [1.82, 2.24) is 15.1 Å². The van der Waals surface area contributed by atoms with E-state index in [1.807, 2.05) is 6.07 Å². The van der Waals surface area contributed by atoms with Crippen LogP contribution in [0.2, 0.25) is 0 Å². The fourth-order valence-corrected chi connectivity index (χ4v) is 3.21. The maximum absolute atomic E-state index is 12.6. The molecule has 2 aromatic carbocycles. The van der Waals surface area contributed by atoms with E-state index in [0.29, 0.717) is 16.9 Å². The molecule has 8 heteroatoms. The van der Waals surface area contributed by atoms with E-state index in [4.69, 9.17) is 0 Å². The number of H-pyrrole nitrogens is 1. The molecule has 8 nitrogen and oxygen atoms in total. The van der Waals surface area contributed by atoms with Gasteiger partial charge in [-0.15, -0.1) is 0 Å². The summed E-state index contributed by atoms with van der Waals surface area (Å²) in [5.41, 5.74) is 2.86. The van der Waals surface area contributed by atoms with Crippen LogP contribution in [0.1, 0.15) is 28.8 Å². The zero-order chi connectivity index (χ0) is 21.1. The number of rotatable bonds is 5. The second kappa shape index (κ2) is 8.12. The van der Waals surface area contributed by atoms with Gasteiger partial charge in [-0.1, -0.05) is 24.3 Å². The smallest absolute Gasteiger partial charge is 0.264 e. The number of hydrogen-bond acceptors (Lipinski definition) is 5. The van der Waals surface area contributed by atoms with E-state index >= 15 is 0 Å². The minimum Gasteiger partial charge on any atom is -0.322 e. The Labute approximate surface area is 171 Å². The number of aromatic amines is 1. The lowest BCUT2D eigenvalue weighted by Crippen LogP contribution is -2.28. The molecule has 1 fully saturated rings. The minimum absolute atomic E-state index is 0.168. The quantitative estimate of drug-likeness (QED) is 0.636. The van der Waals surface area contributed by atoms with Crippen LogP contribution in [-0.4, -0.2) is 32.8 Å². The molecule has 30 heavy (non-hydrogen) atoms. The number of hydrogen-bond donors (Lipinski definition) is 2. The number of carbonyl (C=O) groups excluding carboxylic acids is 3. The average molecular weight is 402 g/mol. The summed E-state index contributed by atoms with van der Waals surface area (Å²) in [6.07, 6.45) is 0.514. The van der Waals surface area contributed by atoms with Gasteiger partial charge in [0.2, 0.25) is 11.8 Å². The number of benzene rings is 2. The molecule has 0 unspecified atom stereocenters. The van der Waals surface area contributed by atoms with Crippen molar-refractivity contribution in [3.8, 4) is 11.3 Å². The molecule has 1 aliphatic heterocycles. The molecular weight excluding hydrogens is 384 g/mol. The van der Waals surface area contributed by atoms with Crippen LogP contribution in [0, 0.1) is 0 Å². The highest BCUT2D eigenvalue weighted by Crippen LogP contribution is 2.21. The molecule has 2 N–H and O–H groups in total. The van der Waals surface area contributed by atoms with Gasteiger partial charge in [0.15, 0.2) is 0 Å². The van der Waals surface area contributed by atoms with Crippen LogP contribution in [0.4, 0.5) is 5.69 Å². The molecule has 2 heterocycles. The van der Waals surface area contributed by atoms with Gasteiger partial charge in [-0.3, -0.25) is 24.1 Å². The molecule has 3 amide bonds. The molecule has 3 aromatic rings. The molecule has 4 rings (SSSR count). The lowest BCUT2D eigenvalue weighted by molar-refractivity contribution is -0.139. The Hall–Kier alpha value is -4.07. The first kappa shape index (κ1) is 19.3. The standard InChI is InChI=1S/C22H18N4O4/c27-19-9-8-18(24-25-19)16-2-1-3-17(12-16)23-22(30)15-6-4-14(5-7-15)13-26-20(28)10-11-21(26)29/h1-9,12H,10-11,13H2,(H,23,30)(H,25,27). The molecular formula is C22H18N4O4. The molecule has 1 aromatic heterocycles. The van der Waals surface area contributed by atoms with Crippen LogP contribution >= 0.6 is 0 Å². The number of nitrogens with zero attached hydrogens (tertiary/aromatic N) is 2. The molecule has 0 bridgehead atoms. The number of amides is 3. The van der Waals surface area contributed by atoms with E-state index in [1.165, 1.54) is 11.0 Å². The maximum atomic E-state index is 12.6. The zero-order valence-corrected chi connectivity index (χ0v) is 15.9. The summed E-state index contributed by atoms with van der Waals surface area (Å²) >= 11 is 0. The maximum Gasteiger partial charge on any atom is 0.264 e. The first-order valence-corrected chi connectivity index (χ1v) is 9.39. The van der Waals surface area contributed by atoms with Crippen LogP contribution in [0.5, 0.6) is 0 Å². The third-order valence-electron chi connectivity index (χ3n) is 4.81. The van der Waals surface area contributed by atoms with E-state index < -0.39 is 0 Å². The lowest BCUT2D eigenvalue weighted by atomic mass is 10.1. The Morgan fingerprint density at radius 2 is 1.70 bits per heavy atom. The largest absolute Gasteiger partial charge is 0.322 e. The van der Waals surface area contributed by atoms with Crippen molar-refractivity contribution < 1.29 is 14.4 Å². The van der Waals surface area contributed by atoms with Gasteiger partial charge in [0.1, 0.15) is 0 Å². The van der Waals surface area contributed by atoms with Crippen LogP contribution in [0.3, 0.4) is 0 Å². The summed E-state index contributed by atoms with van der Waals surface area (Å²) < 4.78 is 0. The van der Waals surface area contributed by atoms with Crippen molar-refractivity contribution in [3.63, 3.8) is 0 Å². The molecule has 0 spiro atoms. The topological polar surface area (TPSA) is 112 Å². The molecule has 0 radical (unpaired) electrons. The van der Waals surface area contributed by atoms with Gasteiger partial charge in [0, 0.05) is 35.7 Å². The van der Waals surface area contributed by atoms with E-state index in [9.17, 15) is 19.2 Å². The highest BCUT2D eigenvalue weighted by atomic mass is 16.2. The predicted molar refractivity (Wildman–Crippen MR) is 109 cm³/mol. The van der Waals surface area contributed by atoms with E-state index in [1.54, 1.807) is 48.5 Å². The number of likely N-dealkylation sites (tertiary alicyclic amines) is 1. The molecule has 0 saturated carbocycles.